The minimum absolute atomic E-state index is 0.243. The highest BCUT2D eigenvalue weighted by Gasteiger charge is 2.10. The number of rotatable bonds is 5. The molecule has 5 heteroatoms. The van der Waals surface area contributed by atoms with Gasteiger partial charge in [-0.15, -0.1) is 0 Å². The van der Waals surface area contributed by atoms with Gasteiger partial charge in [-0.3, -0.25) is 4.79 Å². The molecule has 1 atom stereocenters. The molecule has 0 saturated carbocycles. The Balaban J connectivity index is 1.82. The molecule has 0 aromatic heterocycles. The van der Waals surface area contributed by atoms with Crippen LogP contribution < -0.4 is 11.1 Å². The molecule has 4 N–H and O–H groups in total. The molecule has 138 valence electrons. The van der Waals surface area contributed by atoms with Crippen molar-refractivity contribution in [2.75, 3.05) is 5.32 Å². The second kappa shape index (κ2) is 8.12. The quantitative estimate of drug-likeness (QED) is 0.633. The summed E-state index contributed by atoms with van der Waals surface area (Å²) in [5.74, 6) is -0.627. The summed E-state index contributed by atoms with van der Waals surface area (Å²) in [5.41, 5.74) is 9.58. The molecule has 27 heavy (non-hydrogen) atoms. The average molecular weight is 364 g/mol. The second-order valence-electron chi connectivity index (χ2n) is 6.39. The summed E-state index contributed by atoms with van der Waals surface area (Å²) in [5, 5.41) is 12.4. The number of hydrogen-bond donors (Lipinski definition) is 3. The SMILES string of the molecule is CC(O)c1ccc(NC(=O)c2cccc(-c3cc(F)cc(CN)c3)c2)cc1. The lowest BCUT2D eigenvalue weighted by atomic mass is 10.0. The van der Waals surface area contributed by atoms with Crippen LogP contribution in [-0.4, -0.2) is 11.0 Å². The van der Waals surface area contributed by atoms with Crippen molar-refractivity contribution < 1.29 is 14.3 Å². The van der Waals surface area contributed by atoms with Crippen LogP contribution in [0.5, 0.6) is 0 Å². The lowest BCUT2D eigenvalue weighted by molar-refractivity contribution is 0.102. The first-order valence-electron chi connectivity index (χ1n) is 8.65. The van der Waals surface area contributed by atoms with Crippen LogP contribution in [0.3, 0.4) is 0 Å². The zero-order valence-corrected chi connectivity index (χ0v) is 14.9. The van der Waals surface area contributed by atoms with Gasteiger partial charge in [0.05, 0.1) is 6.10 Å². The summed E-state index contributed by atoms with van der Waals surface area (Å²) in [4.78, 5) is 12.6. The van der Waals surface area contributed by atoms with Crippen LogP contribution in [0.15, 0.2) is 66.7 Å². The van der Waals surface area contributed by atoms with E-state index in [2.05, 4.69) is 5.32 Å². The Morgan fingerprint density at radius 1 is 1.07 bits per heavy atom. The van der Waals surface area contributed by atoms with Crippen molar-refractivity contribution in [3.05, 3.63) is 89.2 Å². The number of nitrogens with one attached hydrogen (secondary N) is 1. The molecular formula is C22H21FN2O2. The number of carbonyl (C=O) groups is 1. The molecule has 0 saturated heterocycles. The van der Waals surface area contributed by atoms with Crippen LogP contribution in [0.4, 0.5) is 10.1 Å². The van der Waals surface area contributed by atoms with Gasteiger partial charge in [0.1, 0.15) is 5.82 Å². The number of hydrogen-bond acceptors (Lipinski definition) is 3. The number of aliphatic hydroxyl groups is 1. The van der Waals surface area contributed by atoms with E-state index in [4.69, 9.17) is 5.73 Å². The van der Waals surface area contributed by atoms with E-state index in [1.54, 1.807) is 49.4 Å². The van der Waals surface area contributed by atoms with E-state index in [9.17, 15) is 14.3 Å². The van der Waals surface area contributed by atoms with Crippen LogP contribution >= 0.6 is 0 Å². The maximum absolute atomic E-state index is 13.8. The largest absolute Gasteiger partial charge is 0.389 e. The highest BCUT2D eigenvalue weighted by Crippen LogP contribution is 2.24. The number of carbonyl (C=O) groups excluding carboxylic acids is 1. The molecule has 1 unspecified atom stereocenters. The molecule has 0 bridgehead atoms. The highest BCUT2D eigenvalue weighted by molar-refractivity contribution is 6.05. The molecule has 0 aliphatic carbocycles. The predicted octanol–water partition coefficient (Wildman–Crippen LogP) is 4.26. The normalized spacial score (nSPS) is 11.9. The minimum atomic E-state index is -0.559. The van der Waals surface area contributed by atoms with E-state index in [1.165, 1.54) is 12.1 Å². The van der Waals surface area contributed by atoms with Gasteiger partial charge in [-0.25, -0.2) is 4.39 Å². The van der Waals surface area contributed by atoms with Crippen molar-refractivity contribution >= 4 is 11.6 Å². The minimum Gasteiger partial charge on any atom is -0.389 e. The van der Waals surface area contributed by atoms with Gasteiger partial charge in [0.25, 0.3) is 5.91 Å². The van der Waals surface area contributed by atoms with Crippen molar-refractivity contribution in [1.82, 2.24) is 0 Å². The fourth-order valence-electron chi connectivity index (χ4n) is 2.82. The van der Waals surface area contributed by atoms with Crippen molar-refractivity contribution in [1.29, 1.82) is 0 Å². The Hall–Kier alpha value is -3.02. The van der Waals surface area contributed by atoms with Crippen LogP contribution in [0.2, 0.25) is 0 Å². The smallest absolute Gasteiger partial charge is 0.255 e. The summed E-state index contributed by atoms with van der Waals surface area (Å²) in [6, 6.07) is 18.6. The fourth-order valence-corrected chi connectivity index (χ4v) is 2.82. The summed E-state index contributed by atoms with van der Waals surface area (Å²) in [6.07, 6.45) is -0.559. The number of aliphatic hydroxyl groups excluding tert-OH is 1. The third kappa shape index (κ3) is 4.58. The zero-order valence-electron chi connectivity index (χ0n) is 14.9. The van der Waals surface area contributed by atoms with Gasteiger partial charge >= 0.3 is 0 Å². The van der Waals surface area contributed by atoms with Crippen LogP contribution in [0.25, 0.3) is 11.1 Å². The van der Waals surface area contributed by atoms with E-state index in [1.807, 2.05) is 12.1 Å². The molecule has 3 rings (SSSR count). The lowest BCUT2D eigenvalue weighted by Gasteiger charge is -2.10. The Labute approximate surface area is 157 Å². The van der Waals surface area contributed by atoms with Crippen LogP contribution in [-0.2, 0) is 6.54 Å². The average Bonchev–Trinajstić information content (AvgIpc) is 2.68. The molecule has 0 radical (unpaired) electrons. The van der Waals surface area contributed by atoms with E-state index in [0.29, 0.717) is 22.4 Å². The monoisotopic (exact) mass is 364 g/mol. The first-order chi connectivity index (χ1) is 13.0. The van der Waals surface area contributed by atoms with E-state index < -0.39 is 6.10 Å². The summed E-state index contributed by atoms with van der Waals surface area (Å²) in [6.45, 7) is 1.93. The van der Waals surface area contributed by atoms with Gasteiger partial charge in [-0.2, -0.15) is 0 Å². The van der Waals surface area contributed by atoms with Crippen molar-refractivity contribution in [2.24, 2.45) is 5.73 Å². The first kappa shape index (κ1) is 18.8. The molecule has 0 aliphatic heterocycles. The van der Waals surface area contributed by atoms with Gasteiger partial charge in [0.15, 0.2) is 0 Å². The topological polar surface area (TPSA) is 75.3 Å². The second-order valence-corrected chi connectivity index (χ2v) is 6.39. The molecule has 3 aromatic carbocycles. The molecule has 0 fully saturated rings. The Morgan fingerprint density at radius 3 is 2.48 bits per heavy atom. The molecule has 1 amide bonds. The van der Waals surface area contributed by atoms with Crippen molar-refractivity contribution in [3.63, 3.8) is 0 Å². The molecule has 0 heterocycles. The summed E-state index contributed by atoms with van der Waals surface area (Å²) in [7, 11) is 0. The Morgan fingerprint density at radius 2 is 1.81 bits per heavy atom. The van der Waals surface area contributed by atoms with Gasteiger partial charge in [-0.05, 0) is 71.6 Å². The lowest BCUT2D eigenvalue weighted by Crippen LogP contribution is -2.12. The van der Waals surface area contributed by atoms with Crippen molar-refractivity contribution in [2.45, 2.75) is 19.6 Å². The maximum Gasteiger partial charge on any atom is 0.255 e. The third-order valence-electron chi connectivity index (χ3n) is 4.30. The summed E-state index contributed by atoms with van der Waals surface area (Å²) < 4.78 is 13.8. The van der Waals surface area contributed by atoms with Gasteiger partial charge in [-0.1, -0.05) is 24.3 Å². The number of nitrogens with two attached hydrogens (primary N) is 1. The number of halogens is 1. The number of amides is 1. The van der Waals surface area contributed by atoms with Gasteiger partial charge in [0, 0.05) is 17.8 Å². The Kier molecular flexibility index (Phi) is 5.64. The number of benzene rings is 3. The molecule has 0 aliphatic rings. The molecule has 4 nitrogen and oxygen atoms in total. The first-order valence-corrected chi connectivity index (χ1v) is 8.65. The maximum atomic E-state index is 13.8. The Bertz CT molecular complexity index is 953. The van der Waals surface area contributed by atoms with E-state index >= 15 is 0 Å². The van der Waals surface area contributed by atoms with Gasteiger partial charge in [0.2, 0.25) is 0 Å². The van der Waals surface area contributed by atoms with Gasteiger partial charge < -0.3 is 16.2 Å². The molecular weight excluding hydrogens is 343 g/mol. The summed E-state index contributed by atoms with van der Waals surface area (Å²) >= 11 is 0. The van der Waals surface area contributed by atoms with Crippen LogP contribution in [0, 0.1) is 5.82 Å². The molecule has 0 spiro atoms. The highest BCUT2D eigenvalue weighted by atomic mass is 19.1. The third-order valence-corrected chi connectivity index (χ3v) is 4.30. The fraction of sp³-hybridized carbons (Fsp3) is 0.136. The van der Waals surface area contributed by atoms with Crippen LogP contribution in [0.1, 0.15) is 34.5 Å². The van der Waals surface area contributed by atoms with E-state index in [-0.39, 0.29) is 18.3 Å². The van der Waals surface area contributed by atoms with E-state index in [0.717, 1.165) is 11.1 Å². The predicted molar refractivity (Wildman–Crippen MR) is 105 cm³/mol. The molecule has 3 aromatic rings. The van der Waals surface area contributed by atoms with Crippen molar-refractivity contribution in [3.8, 4) is 11.1 Å². The standard InChI is InChI=1S/C22H21FN2O2/c1-14(26)16-5-7-21(8-6-16)25-22(27)18-4-2-3-17(11-18)19-9-15(13-24)10-20(23)12-19/h2-12,14,26H,13,24H2,1H3,(H,25,27). The zero-order chi connectivity index (χ0) is 19.4. The number of anilines is 1.